The Morgan fingerprint density at radius 2 is 1.74 bits per heavy atom. The van der Waals surface area contributed by atoms with E-state index in [2.05, 4.69) is 10.3 Å². The maximum Gasteiger partial charge on any atom is 0.269 e. The average Bonchev–Trinajstić information content (AvgIpc) is 3.69. The van der Waals surface area contributed by atoms with E-state index in [1.807, 2.05) is 92.8 Å². The fourth-order valence-corrected chi connectivity index (χ4v) is 10.2. The van der Waals surface area contributed by atoms with Crippen molar-refractivity contribution in [3.8, 4) is 5.75 Å². The molecular weight excluding hydrogens is 602 g/mol. The minimum Gasteiger partial charge on any atom is -0.482 e. The maximum absolute atomic E-state index is 14.9. The van der Waals surface area contributed by atoms with Crippen molar-refractivity contribution in [1.82, 2.24) is 15.0 Å². The number of benzene rings is 3. The predicted octanol–water partition coefficient (Wildman–Crippen LogP) is 4.44. The number of ether oxygens (including phenoxy) is 2. The summed E-state index contributed by atoms with van der Waals surface area (Å²) >= 11 is 0. The van der Waals surface area contributed by atoms with Crippen LogP contribution in [0.25, 0.3) is 0 Å². The third-order valence-electron chi connectivity index (χ3n) is 9.45. The van der Waals surface area contributed by atoms with Crippen LogP contribution in [0, 0.1) is 5.92 Å². The van der Waals surface area contributed by atoms with Crippen LogP contribution in [0.1, 0.15) is 24.6 Å². The summed E-state index contributed by atoms with van der Waals surface area (Å²) in [5.41, 5.74) is 2.31. The highest BCUT2D eigenvalue weighted by molar-refractivity contribution is 6.71. The van der Waals surface area contributed by atoms with Crippen molar-refractivity contribution in [1.29, 1.82) is 0 Å². The highest BCUT2D eigenvalue weighted by Gasteiger charge is 2.66. The lowest BCUT2D eigenvalue weighted by Gasteiger charge is -2.33. The van der Waals surface area contributed by atoms with Crippen LogP contribution >= 0.6 is 0 Å². The second-order valence-electron chi connectivity index (χ2n) is 12.8. The number of amides is 2. The number of hydrogen-bond donors (Lipinski definition) is 2. The van der Waals surface area contributed by atoms with Gasteiger partial charge >= 0.3 is 0 Å². The van der Waals surface area contributed by atoms with E-state index in [1.54, 1.807) is 20.7 Å². The molecule has 3 aromatic carbocycles. The van der Waals surface area contributed by atoms with Crippen molar-refractivity contribution in [2.75, 3.05) is 23.0 Å². The number of aliphatic hydroxyl groups excluding tert-OH is 1. The minimum atomic E-state index is -2.90. The molecule has 0 saturated carbocycles. The quantitative estimate of drug-likeness (QED) is 0.271. The van der Waals surface area contributed by atoms with Gasteiger partial charge in [-0.05, 0) is 62.0 Å². The second kappa shape index (κ2) is 11.5. The van der Waals surface area contributed by atoms with Gasteiger partial charge in [-0.3, -0.25) is 24.1 Å². The van der Waals surface area contributed by atoms with E-state index in [4.69, 9.17) is 9.47 Å². The Kier molecular flexibility index (Phi) is 7.55. The van der Waals surface area contributed by atoms with Crippen molar-refractivity contribution >= 4 is 42.9 Å². The summed E-state index contributed by atoms with van der Waals surface area (Å²) in [6.45, 7) is 6.15. The Balaban J connectivity index is 1.34. The third kappa shape index (κ3) is 4.83. The molecule has 0 radical (unpaired) electrons. The Morgan fingerprint density at radius 1 is 0.978 bits per heavy atom. The molecule has 0 unspecified atom stereocenters. The molecule has 2 N–H and O–H groups in total. The lowest BCUT2D eigenvalue weighted by atomic mass is 9.82. The van der Waals surface area contributed by atoms with Gasteiger partial charge in [0.2, 0.25) is 0 Å². The van der Waals surface area contributed by atoms with Crippen molar-refractivity contribution in [2.45, 2.75) is 56.7 Å². The smallest absolute Gasteiger partial charge is 0.269 e. The summed E-state index contributed by atoms with van der Waals surface area (Å²) < 4.78 is 14.4. The topological polar surface area (TPSA) is 130 Å². The van der Waals surface area contributed by atoms with E-state index in [1.165, 1.54) is 0 Å². The second-order valence-corrected chi connectivity index (χ2v) is 16.7. The van der Waals surface area contributed by atoms with Gasteiger partial charge in [-0.2, -0.15) is 0 Å². The molecule has 4 heterocycles. The predicted molar refractivity (Wildman–Crippen MR) is 174 cm³/mol. The van der Waals surface area contributed by atoms with Gasteiger partial charge in [-0.1, -0.05) is 42.5 Å². The molecular formula is C34H37N5O6Si. The Bertz CT molecular complexity index is 1790. The van der Waals surface area contributed by atoms with Crippen molar-refractivity contribution in [3.63, 3.8) is 0 Å². The molecule has 0 aliphatic carbocycles. The van der Waals surface area contributed by atoms with Crippen LogP contribution in [-0.4, -0.2) is 64.3 Å². The SMILES string of the molecule is C[C@H]1[C@H]([Si](C)(C)O)[C@@H](CCn2cc(CCO)nn2)O[C@]12C(=O)N(c1ccccc1)c1ccc(N3C(=O)COc4ccccc43)cc12. The molecule has 4 atom stereocenters. The van der Waals surface area contributed by atoms with Crippen LogP contribution in [0.3, 0.4) is 0 Å². The zero-order valence-electron chi connectivity index (χ0n) is 26.0. The number of anilines is 4. The first kappa shape index (κ1) is 30.3. The monoisotopic (exact) mass is 639 g/mol. The molecule has 1 fully saturated rings. The van der Waals surface area contributed by atoms with Crippen molar-refractivity contribution in [3.05, 3.63) is 90.3 Å². The largest absolute Gasteiger partial charge is 0.482 e. The molecule has 12 heteroatoms. The molecule has 46 heavy (non-hydrogen) atoms. The van der Waals surface area contributed by atoms with Crippen LogP contribution in [0.2, 0.25) is 18.6 Å². The number of aliphatic hydroxyl groups is 1. The minimum absolute atomic E-state index is 0.0140. The number of fused-ring (bicyclic) bond motifs is 3. The van der Waals surface area contributed by atoms with Crippen molar-refractivity contribution < 1.29 is 29.0 Å². The van der Waals surface area contributed by atoms with E-state index >= 15 is 0 Å². The van der Waals surface area contributed by atoms with Gasteiger partial charge < -0.3 is 19.4 Å². The van der Waals surface area contributed by atoms with E-state index in [9.17, 15) is 19.5 Å². The van der Waals surface area contributed by atoms with Crippen LogP contribution in [0.4, 0.5) is 22.7 Å². The summed E-state index contributed by atoms with van der Waals surface area (Å²) in [5, 5.41) is 17.6. The Labute approximate surface area is 268 Å². The molecule has 4 aromatic rings. The summed E-state index contributed by atoms with van der Waals surface area (Å²) in [4.78, 5) is 43.3. The van der Waals surface area contributed by atoms with Crippen LogP contribution in [-0.2, 0) is 32.9 Å². The van der Waals surface area contributed by atoms with Gasteiger partial charge in [0.05, 0.1) is 23.2 Å². The summed E-state index contributed by atoms with van der Waals surface area (Å²) in [6.07, 6.45) is 2.27. The van der Waals surface area contributed by atoms with Gasteiger partial charge in [0, 0.05) is 54.2 Å². The van der Waals surface area contributed by atoms with Crippen molar-refractivity contribution in [2.24, 2.45) is 5.92 Å². The molecule has 7 rings (SSSR count). The first-order chi connectivity index (χ1) is 22.1. The standard InChI is InChI=1S/C34H37N5O6Si/c1-22-32(46(2,3)43)30(15-17-37-20-23(16-18-40)35-36-37)45-34(22)26-19-25(38-28-11-7-8-12-29(28)44-21-31(38)41)13-14-27(26)39(33(34)42)24-9-5-4-6-10-24/h4-14,19-20,22,30,32,40,43H,15-18,21H2,1-3H3/t22-,30+,32-,34+/m0/s1. The summed E-state index contributed by atoms with van der Waals surface area (Å²) in [6, 6.07) is 22.5. The molecule has 11 nitrogen and oxygen atoms in total. The summed E-state index contributed by atoms with van der Waals surface area (Å²) in [5.74, 6) is -0.213. The van der Waals surface area contributed by atoms with Crippen LogP contribution in [0.15, 0.2) is 79.0 Å². The Hall–Kier alpha value is -4.36. The normalized spacial score (nSPS) is 24.0. The molecule has 2 amide bonds. The third-order valence-corrected chi connectivity index (χ3v) is 12.0. The molecule has 3 aliphatic heterocycles. The Morgan fingerprint density at radius 3 is 2.50 bits per heavy atom. The van der Waals surface area contributed by atoms with Gasteiger partial charge in [0.15, 0.2) is 20.5 Å². The molecule has 238 valence electrons. The number of nitrogens with zero attached hydrogens (tertiary/aromatic N) is 5. The fraction of sp³-hybridized carbons (Fsp3) is 0.353. The average molecular weight is 640 g/mol. The number of aryl methyl sites for hydroxylation is 1. The molecule has 3 aliphatic rings. The molecule has 1 aromatic heterocycles. The van der Waals surface area contributed by atoms with Gasteiger partial charge in [-0.25, -0.2) is 0 Å². The van der Waals surface area contributed by atoms with E-state index in [0.29, 0.717) is 59.1 Å². The first-order valence-corrected chi connectivity index (χ1v) is 18.6. The van der Waals surface area contributed by atoms with E-state index in [0.717, 1.165) is 0 Å². The van der Waals surface area contributed by atoms with Gasteiger partial charge in [0.25, 0.3) is 11.8 Å². The molecule has 0 bridgehead atoms. The number of rotatable bonds is 8. The molecule has 1 saturated heterocycles. The zero-order valence-corrected chi connectivity index (χ0v) is 27.0. The lowest BCUT2D eigenvalue weighted by Crippen LogP contribution is -2.45. The fourth-order valence-electron chi connectivity index (χ4n) is 7.55. The number of carbonyl (C=O) groups is 2. The highest BCUT2D eigenvalue weighted by Crippen LogP contribution is 2.61. The molecule has 1 spiro atoms. The lowest BCUT2D eigenvalue weighted by molar-refractivity contribution is -0.145. The number of hydrogen-bond acceptors (Lipinski definition) is 8. The number of carbonyl (C=O) groups excluding carboxylic acids is 2. The first-order valence-electron chi connectivity index (χ1n) is 15.6. The van der Waals surface area contributed by atoms with Gasteiger partial charge in [-0.15, -0.1) is 5.10 Å². The summed E-state index contributed by atoms with van der Waals surface area (Å²) in [7, 11) is -2.90. The van der Waals surface area contributed by atoms with E-state index in [-0.39, 0.29) is 36.5 Å². The van der Waals surface area contributed by atoms with Gasteiger partial charge in [0.1, 0.15) is 5.75 Å². The number of para-hydroxylation sites is 3. The van der Waals surface area contributed by atoms with Crippen LogP contribution < -0.4 is 14.5 Å². The van der Waals surface area contributed by atoms with E-state index < -0.39 is 20.0 Å². The zero-order chi connectivity index (χ0) is 32.2. The maximum atomic E-state index is 14.9. The number of aromatic nitrogens is 3. The van der Waals surface area contributed by atoms with Crippen LogP contribution in [0.5, 0.6) is 5.75 Å². The highest BCUT2D eigenvalue weighted by atomic mass is 28.4.